The van der Waals surface area contributed by atoms with E-state index in [2.05, 4.69) is 6.92 Å². The lowest BCUT2D eigenvalue weighted by molar-refractivity contribution is -0.137. The second kappa shape index (κ2) is 26.0. The summed E-state index contributed by atoms with van der Waals surface area (Å²) in [6.45, 7) is 3.29. The molecule has 0 aliphatic heterocycles. The fourth-order valence-corrected chi connectivity index (χ4v) is 6.69. The third-order valence-corrected chi connectivity index (χ3v) is 10.2. The molecule has 0 aliphatic carbocycles. The second-order valence-corrected chi connectivity index (χ2v) is 15.2. The van der Waals surface area contributed by atoms with E-state index < -0.39 is 23.9 Å². The number of ether oxygens (including phenoxy) is 5. The summed E-state index contributed by atoms with van der Waals surface area (Å²) in [5.41, 5.74) is 2.62. The van der Waals surface area contributed by atoms with E-state index in [1.54, 1.807) is 103 Å². The Bertz CT molecular complexity index is 2130. The van der Waals surface area contributed by atoms with E-state index >= 15 is 0 Å². The maximum atomic E-state index is 13.0. The van der Waals surface area contributed by atoms with Crippen LogP contribution in [0, 0.1) is 0 Å². The van der Waals surface area contributed by atoms with Gasteiger partial charge in [-0.15, -0.1) is 0 Å². The molecule has 0 atom stereocenters. The predicted molar refractivity (Wildman–Crippen MR) is 240 cm³/mol. The fourth-order valence-electron chi connectivity index (χ4n) is 6.69. The van der Waals surface area contributed by atoms with Crippen LogP contribution in [-0.2, 0) is 4.79 Å². The van der Waals surface area contributed by atoms with Crippen LogP contribution in [0.25, 0.3) is 11.1 Å². The largest absolute Gasteiger partial charge is 0.494 e. The van der Waals surface area contributed by atoms with Gasteiger partial charge in [0, 0.05) is 6.42 Å². The molecule has 5 rings (SSSR count). The molecule has 0 radical (unpaired) electrons. The van der Waals surface area contributed by atoms with Gasteiger partial charge in [-0.05, 0) is 127 Å². The van der Waals surface area contributed by atoms with Crippen molar-refractivity contribution in [3.63, 3.8) is 0 Å². The van der Waals surface area contributed by atoms with Crippen LogP contribution < -0.4 is 23.7 Å². The van der Waals surface area contributed by atoms with Crippen LogP contribution >= 0.6 is 0 Å². The van der Waals surface area contributed by atoms with Gasteiger partial charge in [0.25, 0.3) is 0 Å². The zero-order valence-corrected chi connectivity index (χ0v) is 35.7. The number of hydrogen-bond donors (Lipinski definition) is 1. The number of benzene rings is 5. The number of aliphatic carboxylic acids is 1. The molecule has 0 amide bonds. The number of unbranched alkanes of at least 4 members (excludes halogenated alkanes) is 12. The van der Waals surface area contributed by atoms with Gasteiger partial charge in [0.1, 0.15) is 28.7 Å². The fraction of sp³-hybridized carbons (Fsp3) is 0.346. The number of rotatable bonds is 27. The molecule has 1 N–H and O–H groups in total. The van der Waals surface area contributed by atoms with Gasteiger partial charge < -0.3 is 28.8 Å². The van der Waals surface area contributed by atoms with E-state index in [-0.39, 0.29) is 12.0 Å². The Kier molecular flexibility index (Phi) is 19.6. The van der Waals surface area contributed by atoms with E-state index in [0.29, 0.717) is 65.9 Å². The minimum Gasteiger partial charge on any atom is -0.494 e. The number of esters is 3. The van der Waals surface area contributed by atoms with Crippen LogP contribution in [0.5, 0.6) is 28.7 Å². The maximum absolute atomic E-state index is 13.0. The Morgan fingerprint density at radius 1 is 0.403 bits per heavy atom. The monoisotopic (exact) mass is 842 g/mol. The Hall–Kier alpha value is -6.42. The highest BCUT2D eigenvalue weighted by atomic mass is 16.5. The van der Waals surface area contributed by atoms with Gasteiger partial charge in [-0.2, -0.15) is 0 Å². The molecule has 0 spiro atoms. The van der Waals surface area contributed by atoms with E-state index in [1.807, 2.05) is 6.07 Å². The summed E-state index contributed by atoms with van der Waals surface area (Å²) < 4.78 is 28.2. The molecule has 5 aromatic carbocycles. The zero-order valence-electron chi connectivity index (χ0n) is 35.7. The van der Waals surface area contributed by atoms with Crippen molar-refractivity contribution >= 4 is 23.9 Å². The van der Waals surface area contributed by atoms with Gasteiger partial charge in [-0.25, -0.2) is 14.4 Å². The first-order valence-electron chi connectivity index (χ1n) is 21.9. The van der Waals surface area contributed by atoms with Crippen LogP contribution in [0.4, 0.5) is 0 Å². The smallest absolute Gasteiger partial charge is 0.343 e. The first-order valence-corrected chi connectivity index (χ1v) is 21.9. The van der Waals surface area contributed by atoms with Gasteiger partial charge in [-0.3, -0.25) is 4.79 Å². The lowest BCUT2D eigenvalue weighted by Crippen LogP contribution is -2.10. The highest BCUT2D eigenvalue weighted by Gasteiger charge is 2.14. The van der Waals surface area contributed by atoms with Crippen molar-refractivity contribution in [3.8, 4) is 39.9 Å². The number of carbonyl (C=O) groups is 4. The standard InChI is InChI=1S/C52H58O10/c1-2-3-4-5-6-7-8-9-10-11-12-14-36-58-44-28-22-41(23-29-44)51(56)61-47-34-26-42(27-35-47)52(57)62-48-18-16-17-43(38-48)39-20-32-46(33-21-39)60-50(55)40-24-30-45(31-25-40)59-37-15-13-19-49(53)54/h16-18,20-35,38H,2-15,19,36-37H2,1H3,(H,53,54). The van der Waals surface area contributed by atoms with Gasteiger partial charge >= 0.3 is 23.9 Å². The normalized spacial score (nSPS) is 10.8. The molecule has 10 heteroatoms. The molecule has 0 unspecified atom stereocenters. The molecule has 0 saturated heterocycles. The van der Waals surface area contributed by atoms with Crippen LogP contribution in [0.2, 0.25) is 0 Å². The molecule has 0 aromatic heterocycles. The lowest BCUT2D eigenvalue weighted by Gasteiger charge is -2.10. The molecule has 10 nitrogen and oxygen atoms in total. The number of carboxylic acids is 1. The Balaban J connectivity index is 1.000. The highest BCUT2D eigenvalue weighted by molar-refractivity contribution is 5.93. The summed E-state index contributed by atoms with van der Waals surface area (Å²) in [6.07, 6.45) is 16.8. The van der Waals surface area contributed by atoms with Gasteiger partial charge in [0.05, 0.1) is 29.9 Å². The molecular weight excluding hydrogens is 785 g/mol. The topological polar surface area (TPSA) is 135 Å². The first kappa shape index (κ1) is 46.6. The van der Waals surface area contributed by atoms with Crippen molar-refractivity contribution < 1.29 is 48.0 Å². The van der Waals surface area contributed by atoms with Crippen molar-refractivity contribution in [1.29, 1.82) is 0 Å². The number of hydrogen-bond acceptors (Lipinski definition) is 9. The average Bonchev–Trinajstić information content (AvgIpc) is 3.28. The van der Waals surface area contributed by atoms with Crippen LogP contribution in [-0.4, -0.2) is 42.2 Å². The van der Waals surface area contributed by atoms with Crippen molar-refractivity contribution in [2.75, 3.05) is 13.2 Å². The minimum absolute atomic E-state index is 0.101. The summed E-state index contributed by atoms with van der Waals surface area (Å²) in [6, 6.07) is 33.7. The summed E-state index contributed by atoms with van der Waals surface area (Å²) in [4.78, 5) is 49.2. The van der Waals surface area contributed by atoms with Gasteiger partial charge in [0.2, 0.25) is 0 Å². The molecule has 0 aliphatic rings. The molecule has 0 saturated carbocycles. The Labute approximate surface area is 365 Å². The summed E-state index contributed by atoms with van der Waals surface area (Å²) >= 11 is 0. The van der Waals surface area contributed by atoms with Gasteiger partial charge in [-0.1, -0.05) is 102 Å². The van der Waals surface area contributed by atoms with E-state index in [4.69, 9.17) is 28.8 Å². The molecule has 5 aromatic rings. The number of carbonyl (C=O) groups excluding carboxylic acids is 3. The molecular formula is C52H58O10. The van der Waals surface area contributed by atoms with Crippen molar-refractivity contribution in [3.05, 3.63) is 138 Å². The van der Waals surface area contributed by atoms with E-state index in [0.717, 1.165) is 24.0 Å². The van der Waals surface area contributed by atoms with Crippen LogP contribution in [0.15, 0.2) is 121 Å². The maximum Gasteiger partial charge on any atom is 0.343 e. The molecule has 0 heterocycles. The third kappa shape index (κ3) is 16.6. The molecule has 62 heavy (non-hydrogen) atoms. The van der Waals surface area contributed by atoms with Crippen LogP contribution in [0.1, 0.15) is 134 Å². The number of carboxylic acid groups (broad SMARTS) is 1. The van der Waals surface area contributed by atoms with E-state index in [9.17, 15) is 19.2 Å². The molecule has 326 valence electrons. The molecule has 0 fully saturated rings. The predicted octanol–water partition coefficient (Wildman–Crippen LogP) is 12.7. The summed E-state index contributed by atoms with van der Waals surface area (Å²) in [7, 11) is 0. The average molecular weight is 843 g/mol. The summed E-state index contributed by atoms with van der Waals surface area (Å²) in [5, 5.41) is 8.73. The zero-order chi connectivity index (χ0) is 43.8. The van der Waals surface area contributed by atoms with E-state index in [1.165, 1.54) is 76.3 Å². The quantitative estimate of drug-likeness (QED) is 0.0309. The van der Waals surface area contributed by atoms with Crippen molar-refractivity contribution in [2.45, 2.75) is 103 Å². The summed E-state index contributed by atoms with van der Waals surface area (Å²) in [5.74, 6) is -0.165. The molecule has 0 bridgehead atoms. The second-order valence-electron chi connectivity index (χ2n) is 15.2. The lowest BCUT2D eigenvalue weighted by atomic mass is 10.1. The van der Waals surface area contributed by atoms with Crippen molar-refractivity contribution in [2.24, 2.45) is 0 Å². The van der Waals surface area contributed by atoms with Crippen molar-refractivity contribution in [1.82, 2.24) is 0 Å². The Morgan fingerprint density at radius 2 is 0.790 bits per heavy atom. The minimum atomic E-state index is -0.832. The Morgan fingerprint density at radius 3 is 1.24 bits per heavy atom. The van der Waals surface area contributed by atoms with Crippen LogP contribution in [0.3, 0.4) is 0 Å². The SMILES string of the molecule is CCCCCCCCCCCCCCOc1ccc(C(=O)Oc2ccc(C(=O)Oc3cccc(-c4ccc(OC(=O)c5ccc(OCCCCC(=O)O)cc5)cc4)c3)cc2)cc1. The highest BCUT2D eigenvalue weighted by Crippen LogP contribution is 2.27. The third-order valence-electron chi connectivity index (χ3n) is 10.2. The van der Waals surface area contributed by atoms with Gasteiger partial charge in [0.15, 0.2) is 0 Å². The first-order chi connectivity index (χ1) is 30.3.